The molecule has 132 valence electrons. The summed E-state index contributed by atoms with van der Waals surface area (Å²) >= 11 is 0. The third-order valence-electron chi connectivity index (χ3n) is 4.46. The van der Waals surface area contributed by atoms with Crippen molar-refractivity contribution in [2.75, 3.05) is 7.05 Å². The molecule has 5 nitrogen and oxygen atoms in total. The van der Waals surface area contributed by atoms with Crippen LogP contribution in [0.1, 0.15) is 41.6 Å². The van der Waals surface area contributed by atoms with Crippen LogP contribution in [0.25, 0.3) is 0 Å². The van der Waals surface area contributed by atoms with Crippen molar-refractivity contribution in [3.63, 3.8) is 0 Å². The molecule has 8 heteroatoms. The van der Waals surface area contributed by atoms with E-state index in [0.717, 1.165) is 18.6 Å². The van der Waals surface area contributed by atoms with Gasteiger partial charge in [-0.15, -0.1) is 0 Å². The summed E-state index contributed by atoms with van der Waals surface area (Å²) in [6.45, 7) is 0. The molecule has 0 radical (unpaired) electrons. The van der Waals surface area contributed by atoms with Gasteiger partial charge in [0.2, 0.25) is 5.91 Å². The first kappa shape index (κ1) is 18.3. The summed E-state index contributed by atoms with van der Waals surface area (Å²) in [5.41, 5.74) is 1.24. The summed E-state index contributed by atoms with van der Waals surface area (Å²) in [4.78, 5) is 25.6. The number of hydrogen-bond donors (Lipinski definition) is 2. The molecule has 1 aliphatic rings. The SMILES string of the molecule is CN(C(=O)c1cccc(C(F)(F)F)c1)[C@@H]1CCC[C@H](C(=O)NN)C1. The minimum Gasteiger partial charge on any atom is -0.339 e. The number of halogens is 3. The van der Waals surface area contributed by atoms with E-state index in [1.165, 1.54) is 17.0 Å². The number of rotatable bonds is 3. The van der Waals surface area contributed by atoms with Gasteiger partial charge in [0.15, 0.2) is 0 Å². The van der Waals surface area contributed by atoms with Gasteiger partial charge < -0.3 is 4.90 Å². The molecule has 24 heavy (non-hydrogen) atoms. The summed E-state index contributed by atoms with van der Waals surface area (Å²) in [6, 6.07) is 4.16. The molecule has 0 aliphatic heterocycles. The molecule has 0 heterocycles. The maximum atomic E-state index is 12.8. The van der Waals surface area contributed by atoms with Gasteiger partial charge >= 0.3 is 6.18 Å². The number of carbonyl (C=O) groups is 2. The third-order valence-corrected chi connectivity index (χ3v) is 4.46. The fraction of sp³-hybridized carbons (Fsp3) is 0.500. The van der Waals surface area contributed by atoms with Crippen molar-refractivity contribution in [3.8, 4) is 0 Å². The number of benzene rings is 1. The maximum absolute atomic E-state index is 12.8. The van der Waals surface area contributed by atoms with Crippen molar-refractivity contribution in [3.05, 3.63) is 35.4 Å². The van der Waals surface area contributed by atoms with Gasteiger partial charge in [0.1, 0.15) is 0 Å². The number of hydrogen-bond acceptors (Lipinski definition) is 3. The van der Waals surface area contributed by atoms with Crippen LogP contribution in [-0.2, 0) is 11.0 Å². The number of hydrazine groups is 1. The normalized spacial score (nSPS) is 21.2. The summed E-state index contributed by atoms with van der Waals surface area (Å²) in [5.74, 6) is 4.10. The molecule has 0 spiro atoms. The van der Waals surface area contributed by atoms with Crippen LogP contribution in [0.4, 0.5) is 13.2 Å². The molecule has 0 saturated heterocycles. The van der Waals surface area contributed by atoms with Gasteiger partial charge in [-0.3, -0.25) is 15.0 Å². The van der Waals surface area contributed by atoms with E-state index in [1.807, 2.05) is 0 Å². The predicted octanol–water partition coefficient (Wildman–Crippen LogP) is 2.33. The largest absolute Gasteiger partial charge is 0.416 e. The van der Waals surface area contributed by atoms with E-state index < -0.39 is 17.6 Å². The molecule has 2 amide bonds. The summed E-state index contributed by atoms with van der Waals surface area (Å²) in [7, 11) is 1.55. The lowest BCUT2D eigenvalue weighted by Gasteiger charge is -2.34. The zero-order chi connectivity index (χ0) is 17.9. The van der Waals surface area contributed by atoms with Crippen molar-refractivity contribution < 1.29 is 22.8 Å². The molecule has 1 saturated carbocycles. The van der Waals surface area contributed by atoms with Gasteiger partial charge in [0, 0.05) is 24.6 Å². The van der Waals surface area contributed by atoms with E-state index in [1.54, 1.807) is 7.05 Å². The second kappa shape index (κ2) is 7.21. The molecule has 0 bridgehead atoms. The van der Waals surface area contributed by atoms with Crippen molar-refractivity contribution in [2.45, 2.75) is 37.9 Å². The van der Waals surface area contributed by atoms with Crippen molar-refractivity contribution in [1.29, 1.82) is 0 Å². The molecular formula is C16H20F3N3O2. The van der Waals surface area contributed by atoms with Gasteiger partial charge in [0.25, 0.3) is 5.91 Å². The zero-order valence-corrected chi connectivity index (χ0v) is 13.3. The Balaban J connectivity index is 2.13. The molecule has 2 atom stereocenters. The third kappa shape index (κ3) is 4.05. The van der Waals surface area contributed by atoms with Gasteiger partial charge in [0.05, 0.1) is 5.56 Å². The molecule has 1 aliphatic carbocycles. The summed E-state index contributed by atoms with van der Waals surface area (Å²) in [6.07, 6.45) is -1.90. The molecule has 1 fully saturated rings. The first-order chi connectivity index (χ1) is 11.2. The average Bonchev–Trinajstić information content (AvgIpc) is 2.59. The Kier molecular flexibility index (Phi) is 5.48. The van der Waals surface area contributed by atoms with Gasteiger partial charge in [-0.25, -0.2) is 5.84 Å². The number of alkyl halides is 3. The number of amides is 2. The Hall–Kier alpha value is -2.09. The fourth-order valence-electron chi connectivity index (χ4n) is 3.07. The lowest BCUT2D eigenvalue weighted by Crippen LogP contribution is -2.44. The van der Waals surface area contributed by atoms with Crippen molar-refractivity contribution in [1.82, 2.24) is 10.3 Å². The highest BCUT2D eigenvalue weighted by Gasteiger charge is 2.33. The first-order valence-corrected chi connectivity index (χ1v) is 7.69. The molecule has 3 N–H and O–H groups in total. The Bertz CT molecular complexity index is 619. The fourth-order valence-corrected chi connectivity index (χ4v) is 3.07. The smallest absolute Gasteiger partial charge is 0.339 e. The Labute approximate surface area is 138 Å². The number of nitrogens with one attached hydrogen (secondary N) is 1. The summed E-state index contributed by atoms with van der Waals surface area (Å²) in [5, 5.41) is 0. The second-order valence-corrected chi connectivity index (χ2v) is 6.02. The van der Waals surface area contributed by atoms with Crippen LogP contribution in [0.15, 0.2) is 24.3 Å². The van der Waals surface area contributed by atoms with Crippen LogP contribution in [0, 0.1) is 5.92 Å². The molecular weight excluding hydrogens is 323 g/mol. The maximum Gasteiger partial charge on any atom is 0.416 e. The topological polar surface area (TPSA) is 75.4 Å². The molecule has 0 unspecified atom stereocenters. The minimum absolute atomic E-state index is 0.0160. The number of nitrogens with two attached hydrogens (primary N) is 1. The number of carbonyl (C=O) groups excluding carboxylic acids is 2. The van der Waals surface area contributed by atoms with E-state index in [0.29, 0.717) is 19.3 Å². The van der Waals surface area contributed by atoms with Gasteiger partial charge in [-0.1, -0.05) is 12.5 Å². The van der Waals surface area contributed by atoms with Crippen LogP contribution >= 0.6 is 0 Å². The Morgan fingerprint density at radius 1 is 1.29 bits per heavy atom. The standard InChI is InChI=1S/C16H20F3N3O2/c1-22(13-7-3-4-10(9-13)14(23)21-20)15(24)11-5-2-6-12(8-11)16(17,18)19/h2,5-6,8,10,13H,3-4,7,9,20H2,1H3,(H,21,23)/t10-,13+/m0/s1. The highest BCUT2D eigenvalue weighted by molar-refractivity contribution is 5.94. The lowest BCUT2D eigenvalue weighted by molar-refractivity contribution is -0.137. The monoisotopic (exact) mass is 343 g/mol. The quantitative estimate of drug-likeness (QED) is 0.502. The summed E-state index contributed by atoms with van der Waals surface area (Å²) < 4.78 is 38.4. The molecule has 0 aromatic heterocycles. The Morgan fingerprint density at radius 2 is 2.00 bits per heavy atom. The molecule has 1 aromatic carbocycles. The van der Waals surface area contributed by atoms with Crippen molar-refractivity contribution >= 4 is 11.8 Å². The van der Waals surface area contributed by atoms with Crippen LogP contribution in [-0.4, -0.2) is 29.8 Å². The van der Waals surface area contributed by atoms with E-state index >= 15 is 0 Å². The predicted molar refractivity (Wildman–Crippen MR) is 81.6 cm³/mol. The molecule has 1 aromatic rings. The second-order valence-electron chi connectivity index (χ2n) is 6.02. The highest BCUT2D eigenvalue weighted by Crippen LogP contribution is 2.31. The van der Waals surface area contributed by atoms with E-state index in [4.69, 9.17) is 5.84 Å². The van der Waals surface area contributed by atoms with Crippen LogP contribution in [0.5, 0.6) is 0 Å². The van der Waals surface area contributed by atoms with E-state index in [9.17, 15) is 22.8 Å². The van der Waals surface area contributed by atoms with Crippen molar-refractivity contribution in [2.24, 2.45) is 11.8 Å². The van der Waals surface area contributed by atoms with Gasteiger partial charge in [-0.2, -0.15) is 13.2 Å². The zero-order valence-electron chi connectivity index (χ0n) is 13.3. The van der Waals surface area contributed by atoms with Crippen LogP contribution in [0.3, 0.4) is 0 Å². The van der Waals surface area contributed by atoms with Crippen LogP contribution in [0.2, 0.25) is 0 Å². The van der Waals surface area contributed by atoms with Gasteiger partial charge in [-0.05, 0) is 37.5 Å². The minimum atomic E-state index is -4.50. The average molecular weight is 343 g/mol. The lowest BCUT2D eigenvalue weighted by atomic mass is 9.84. The van der Waals surface area contributed by atoms with Crippen LogP contribution < -0.4 is 11.3 Å². The van der Waals surface area contributed by atoms with E-state index in [-0.39, 0.29) is 23.4 Å². The Morgan fingerprint density at radius 3 is 2.62 bits per heavy atom. The van der Waals surface area contributed by atoms with E-state index in [2.05, 4.69) is 5.43 Å². The molecule has 2 rings (SSSR count). The highest BCUT2D eigenvalue weighted by atomic mass is 19.4. The first-order valence-electron chi connectivity index (χ1n) is 7.69. The number of nitrogens with zero attached hydrogens (tertiary/aromatic N) is 1.